The first-order valence-electron chi connectivity index (χ1n) is 25.1. The molecule has 390 valence electrons. The number of esters is 3. The van der Waals surface area contributed by atoms with Gasteiger partial charge in [0.05, 0.1) is 56.2 Å². The number of benzene rings is 2. The van der Waals surface area contributed by atoms with Crippen molar-refractivity contribution in [1.82, 2.24) is 10.2 Å². The zero-order chi connectivity index (χ0) is 51.3. The molecule has 17 nitrogen and oxygen atoms in total. The van der Waals surface area contributed by atoms with Gasteiger partial charge in [-0.05, 0) is 70.4 Å². The van der Waals surface area contributed by atoms with E-state index in [0.717, 1.165) is 13.1 Å². The normalized spacial score (nSPS) is 34.0. The molecule has 3 heterocycles. The Hall–Kier alpha value is -4.24. The Kier molecular flexibility index (Phi) is 15.1. The minimum atomic E-state index is -2.10. The number of nitrogens with zero attached hydrogens (tertiary/aromatic N) is 1. The SMILES string of the molecule is C[SiH2]O[C@@H](C(=O)O[C@H]1C[C@@]2(O)[C@@H](OC(=O)c3ccccc3)[C@@H]3[C@]4(OC(C)=O)CO[C@@H]4C[C@H](OCCN4CCOCC4)[C@@]3(C)[C@@H]3OC(C)(C)O[C@@H]3C(=C1C)C2(C)C)[C@@H](NC(=O)OC(C)(C)C)c1ccccc1. The van der Waals surface area contributed by atoms with Gasteiger partial charge in [-0.2, -0.15) is 0 Å². The maximum absolute atomic E-state index is 15.1. The zero-order valence-corrected chi connectivity index (χ0v) is 44.6. The monoisotopic (exact) mass is 1010 g/mol. The molecule has 8 rings (SSSR count). The first-order valence-corrected chi connectivity index (χ1v) is 27.1. The number of carbonyl (C=O) groups is 4. The Morgan fingerprint density at radius 3 is 2.21 bits per heavy atom. The van der Waals surface area contributed by atoms with Gasteiger partial charge in [0.1, 0.15) is 35.6 Å². The van der Waals surface area contributed by atoms with Crippen LogP contribution in [0, 0.1) is 16.7 Å². The van der Waals surface area contributed by atoms with Gasteiger partial charge in [-0.15, -0.1) is 0 Å². The molecule has 0 radical (unpaired) electrons. The summed E-state index contributed by atoms with van der Waals surface area (Å²) in [5.74, 6) is -4.39. The lowest BCUT2D eigenvalue weighted by atomic mass is 9.44. The second kappa shape index (κ2) is 20.2. The van der Waals surface area contributed by atoms with Gasteiger partial charge >= 0.3 is 24.0 Å². The molecule has 0 unspecified atom stereocenters. The smallest absolute Gasteiger partial charge is 0.408 e. The van der Waals surface area contributed by atoms with Crippen LogP contribution in [0.2, 0.25) is 6.55 Å². The summed E-state index contributed by atoms with van der Waals surface area (Å²) in [6.45, 7) is 23.3. The van der Waals surface area contributed by atoms with Crippen molar-refractivity contribution in [3.05, 3.63) is 82.9 Å². The fraction of sp³-hybridized carbons (Fsp3) is 0.660. The molecular formula is C53H74N2O15Si. The fourth-order valence-electron chi connectivity index (χ4n) is 12.4. The standard InChI is InChI=1S/C53H74N2O15Si/c1-31-35(64-46(58)41(70-71-11)39(33-18-14-12-15-19-33)54-47(59)69-48(3,4)5)29-53(60)44(65-45(57)34-20-16-13-17-21-34)42-51(10,43-40(38(31)49(53,6)7)67-50(8,9)68-43)36(62-27-24-55-22-25-61-26-23-55)28-37-52(42,30-63-37)66-32(2)56/h12-21,35-37,39-44,60H,22-30,71H2,1-11H3,(H,54,59)/t35-,36-,37+,39-,40+,41+,42-,43+,44-,51+,52-,53+/m0/s1. The molecule has 2 aromatic rings. The number of aliphatic hydroxyl groups is 1. The average Bonchev–Trinajstić information content (AvgIpc) is 3.63. The number of rotatable bonds is 14. The van der Waals surface area contributed by atoms with E-state index in [0.29, 0.717) is 43.1 Å². The number of ether oxygens (including phenoxy) is 9. The molecule has 2 aromatic carbocycles. The quantitative estimate of drug-likeness (QED) is 0.106. The van der Waals surface area contributed by atoms with Crippen molar-refractivity contribution in [2.24, 2.45) is 16.7 Å². The third kappa shape index (κ3) is 10.1. The zero-order valence-electron chi connectivity index (χ0n) is 43.2. The van der Waals surface area contributed by atoms with Crippen LogP contribution >= 0.6 is 0 Å². The highest BCUT2D eigenvalue weighted by Gasteiger charge is 2.79. The highest BCUT2D eigenvalue weighted by atomic mass is 28.2. The number of morpholine rings is 1. The minimum Gasteiger partial charge on any atom is -0.456 e. The number of alkyl carbamates (subject to hydrolysis) is 1. The van der Waals surface area contributed by atoms with E-state index in [2.05, 4.69) is 10.2 Å². The van der Waals surface area contributed by atoms with Gasteiger partial charge in [0, 0.05) is 50.2 Å². The Bertz CT molecular complexity index is 2300. The average molecular weight is 1010 g/mol. The third-order valence-electron chi connectivity index (χ3n) is 15.7. The summed E-state index contributed by atoms with van der Waals surface area (Å²) in [6.07, 6.45) is -7.93. The molecular weight excluding hydrogens is 933 g/mol. The molecule has 2 bridgehead atoms. The van der Waals surface area contributed by atoms with E-state index in [1.807, 2.05) is 54.2 Å². The third-order valence-corrected chi connectivity index (χ3v) is 16.4. The topological polar surface area (TPSA) is 196 Å². The number of fused-ring (bicyclic) bond motifs is 8. The second-order valence-electron chi connectivity index (χ2n) is 22.1. The lowest BCUT2D eigenvalue weighted by Gasteiger charge is -2.69. The summed E-state index contributed by atoms with van der Waals surface area (Å²) in [7, 11) is -1.35. The van der Waals surface area contributed by atoms with Crippen molar-refractivity contribution < 1.29 is 71.3 Å². The van der Waals surface area contributed by atoms with Crippen LogP contribution in [0.5, 0.6) is 0 Å². The van der Waals surface area contributed by atoms with Crippen molar-refractivity contribution in [3.63, 3.8) is 0 Å². The lowest BCUT2D eigenvalue weighted by molar-refractivity contribution is -0.366. The molecule has 12 atom stereocenters. The molecule has 2 saturated carbocycles. The predicted molar refractivity (Wildman–Crippen MR) is 261 cm³/mol. The van der Waals surface area contributed by atoms with Crippen molar-refractivity contribution in [2.75, 3.05) is 46.1 Å². The Labute approximate surface area is 419 Å². The predicted octanol–water partition coefficient (Wildman–Crippen LogP) is 5.36. The highest BCUT2D eigenvalue weighted by Crippen LogP contribution is 2.67. The van der Waals surface area contributed by atoms with Crippen LogP contribution in [-0.4, -0.2) is 155 Å². The van der Waals surface area contributed by atoms with E-state index in [1.54, 1.807) is 75.4 Å². The molecule has 0 spiro atoms. The van der Waals surface area contributed by atoms with Crippen LogP contribution in [0.3, 0.4) is 0 Å². The molecule has 6 aliphatic rings. The van der Waals surface area contributed by atoms with Gasteiger partial charge in [-0.1, -0.05) is 75.8 Å². The number of hydrogen-bond acceptors (Lipinski definition) is 16. The second-order valence-corrected chi connectivity index (χ2v) is 23.0. The van der Waals surface area contributed by atoms with E-state index >= 15 is 4.79 Å². The summed E-state index contributed by atoms with van der Waals surface area (Å²) < 4.78 is 65.2. The van der Waals surface area contributed by atoms with Crippen LogP contribution in [0.4, 0.5) is 4.79 Å². The van der Waals surface area contributed by atoms with Gasteiger partial charge < -0.3 is 57.5 Å². The molecule has 5 fully saturated rings. The first-order chi connectivity index (χ1) is 33.5. The molecule has 1 amide bonds. The molecule has 18 heteroatoms. The fourth-order valence-corrected chi connectivity index (χ4v) is 13.1. The summed E-state index contributed by atoms with van der Waals surface area (Å²) in [4.78, 5) is 59.2. The van der Waals surface area contributed by atoms with E-state index in [-0.39, 0.29) is 25.0 Å². The Balaban J connectivity index is 1.29. The molecule has 71 heavy (non-hydrogen) atoms. The van der Waals surface area contributed by atoms with Gasteiger partial charge in [-0.3, -0.25) is 9.69 Å². The molecule has 3 aliphatic heterocycles. The minimum absolute atomic E-state index is 0.0683. The Morgan fingerprint density at radius 1 is 0.944 bits per heavy atom. The van der Waals surface area contributed by atoms with E-state index in [4.69, 9.17) is 47.1 Å². The maximum Gasteiger partial charge on any atom is 0.408 e. The van der Waals surface area contributed by atoms with Crippen LogP contribution in [0.15, 0.2) is 71.8 Å². The number of nitrogens with one attached hydrogen (secondary N) is 1. The van der Waals surface area contributed by atoms with Gasteiger partial charge in [-0.25, -0.2) is 14.4 Å². The largest absolute Gasteiger partial charge is 0.456 e. The van der Waals surface area contributed by atoms with Crippen LogP contribution in [-0.2, 0) is 56.6 Å². The van der Waals surface area contributed by atoms with Crippen LogP contribution in [0.1, 0.15) is 104 Å². The number of hydrogen-bond donors (Lipinski definition) is 2. The van der Waals surface area contributed by atoms with Crippen LogP contribution in [0.25, 0.3) is 0 Å². The van der Waals surface area contributed by atoms with Gasteiger partial charge in [0.25, 0.3) is 0 Å². The van der Waals surface area contributed by atoms with Gasteiger partial charge in [0.15, 0.2) is 27.3 Å². The first kappa shape index (κ1) is 53.1. The number of carbonyl (C=O) groups excluding carboxylic acids is 4. The summed E-state index contributed by atoms with van der Waals surface area (Å²) >= 11 is 0. The molecule has 3 aliphatic carbocycles. The number of amides is 1. The van der Waals surface area contributed by atoms with Gasteiger partial charge in [0.2, 0.25) is 0 Å². The molecule has 3 saturated heterocycles. The van der Waals surface area contributed by atoms with E-state index < -0.39 is 122 Å². The van der Waals surface area contributed by atoms with E-state index in [1.165, 1.54) is 6.92 Å². The van der Waals surface area contributed by atoms with Crippen molar-refractivity contribution in [3.8, 4) is 0 Å². The van der Waals surface area contributed by atoms with Crippen molar-refractivity contribution >= 4 is 33.8 Å². The molecule has 0 aromatic heterocycles. The summed E-state index contributed by atoms with van der Waals surface area (Å²) in [5, 5.41) is 17.2. The van der Waals surface area contributed by atoms with Crippen molar-refractivity contribution in [2.45, 2.75) is 160 Å². The maximum atomic E-state index is 15.1. The van der Waals surface area contributed by atoms with Crippen molar-refractivity contribution in [1.29, 1.82) is 0 Å². The van der Waals surface area contributed by atoms with Crippen LogP contribution < -0.4 is 5.32 Å². The van der Waals surface area contributed by atoms with E-state index in [9.17, 15) is 19.5 Å². The highest BCUT2D eigenvalue weighted by molar-refractivity contribution is 6.25. The molecule has 2 N–H and O–H groups in total. The lowest BCUT2D eigenvalue weighted by Crippen LogP contribution is -2.82. The summed E-state index contributed by atoms with van der Waals surface area (Å²) in [5.41, 5.74) is -4.95. The Morgan fingerprint density at radius 2 is 1.61 bits per heavy atom. The summed E-state index contributed by atoms with van der Waals surface area (Å²) in [6, 6.07) is 16.4.